The van der Waals surface area contributed by atoms with E-state index < -0.39 is 24.0 Å². The van der Waals surface area contributed by atoms with Gasteiger partial charge in [0.05, 0.1) is 10.2 Å². The number of fused-ring (bicyclic) bond motifs is 1. The summed E-state index contributed by atoms with van der Waals surface area (Å²) >= 11 is 6.66. The number of rotatable bonds is 6. The average Bonchev–Trinajstić information content (AvgIpc) is 2.78. The molecule has 0 saturated carbocycles. The van der Waals surface area contributed by atoms with Crippen molar-refractivity contribution in [3.8, 4) is 5.75 Å². The first kappa shape index (κ1) is 23.8. The van der Waals surface area contributed by atoms with Crippen molar-refractivity contribution in [1.82, 2.24) is 5.48 Å². The summed E-state index contributed by atoms with van der Waals surface area (Å²) in [6.45, 7) is 1.71. The number of anilines is 1. The van der Waals surface area contributed by atoms with E-state index in [1.807, 2.05) is 36.4 Å². The molecule has 2 atom stereocenters. The lowest BCUT2D eigenvalue weighted by molar-refractivity contribution is -0.124. The Morgan fingerprint density at radius 1 is 1.09 bits per heavy atom. The highest BCUT2D eigenvalue weighted by atomic mass is 79.9. The largest absolute Gasteiger partial charge is 0.506 e. The fourth-order valence-electron chi connectivity index (χ4n) is 3.22. The van der Waals surface area contributed by atoms with E-state index in [-0.39, 0.29) is 5.75 Å². The molecule has 3 aromatic rings. The molecule has 0 heterocycles. The molecule has 0 radical (unpaired) electrons. The Bertz CT molecular complexity index is 1180. The van der Waals surface area contributed by atoms with Gasteiger partial charge in [-0.05, 0) is 39.5 Å². The Balaban J connectivity index is 1.92. The number of halogens is 2. The summed E-state index contributed by atoms with van der Waals surface area (Å²) in [6.07, 6.45) is 0.916. The van der Waals surface area contributed by atoms with E-state index in [4.69, 9.17) is 9.94 Å². The first-order chi connectivity index (χ1) is 15.3. The second-order valence-electron chi connectivity index (χ2n) is 7.00. The van der Waals surface area contributed by atoms with Gasteiger partial charge in [0, 0.05) is 27.4 Å². The highest BCUT2D eigenvalue weighted by Crippen LogP contribution is 2.40. The fraction of sp³-hybridized carbons (Fsp3) is 0.130. The van der Waals surface area contributed by atoms with Crippen LogP contribution in [0.4, 0.5) is 10.5 Å². The maximum atomic E-state index is 12.8. The molecule has 166 valence electrons. The number of hydroxylamine groups is 1. The molecule has 7 nitrogen and oxygen atoms in total. The molecule has 0 spiro atoms. The zero-order chi connectivity index (χ0) is 23.3. The van der Waals surface area contributed by atoms with Crippen LogP contribution in [0.25, 0.3) is 10.8 Å². The van der Waals surface area contributed by atoms with Gasteiger partial charge in [-0.3, -0.25) is 15.3 Å². The normalized spacial score (nSPS) is 13.0. The third-order valence-electron chi connectivity index (χ3n) is 4.76. The number of ether oxygens (including phenoxy) is 1. The van der Waals surface area contributed by atoms with Gasteiger partial charge in [-0.1, -0.05) is 65.3 Å². The minimum atomic E-state index is -0.943. The molecule has 0 aliphatic rings. The van der Waals surface area contributed by atoms with Crippen molar-refractivity contribution in [3.63, 3.8) is 0 Å². The van der Waals surface area contributed by atoms with Crippen LogP contribution in [0.15, 0.2) is 75.7 Å². The molecule has 0 aliphatic carbocycles. The van der Waals surface area contributed by atoms with E-state index in [1.165, 1.54) is 11.6 Å². The van der Waals surface area contributed by atoms with E-state index >= 15 is 0 Å². The maximum absolute atomic E-state index is 12.8. The number of carbonyl (C=O) groups excluding carboxylic acids is 2. The van der Waals surface area contributed by atoms with Crippen molar-refractivity contribution in [3.05, 3.63) is 81.3 Å². The predicted octanol–water partition coefficient (Wildman–Crippen LogP) is 6.06. The molecule has 0 saturated heterocycles. The number of hydrogen-bond donors (Lipinski definition) is 4. The highest BCUT2D eigenvalue weighted by Gasteiger charge is 2.27. The first-order valence-corrected chi connectivity index (χ1v) is 11.1. The molecule has 0 bridgehead atoms. The predicted molar refractivity (Wildman–Crippen MR) is 129 cm³/mol. The average molecular weight is 564 g/mol. The van der Waals surface area contributed by atoms with Crippen molar-refractivity contribution in [2.24, 2.45) is 5.92 Å². The molecule has 4 N–H and O–H groups in total. The number of nitrogens with one attached hydrogen (secondary N) is 2. The van der Waals surface area contributed by atoms with Gasteiger partial charge in [0.2, 0.25) is 0 Å². The zero-order valence-electron chi connectivity index (χ0n) is 16.9. The van der Waals surface area contributed by atoms with Crippen LogP contribution in [-0.2, 0) is 9.53 Å². The summed E-state index contributed by atoms with van der Waals surface area (Å²) in [4.78, 5) is 24.2. The number of phenolic OH excluding ortho intramolecular Hbond substituents is 1. The van der Waals surface area contributed by atoms with Gasteiger partial charge in [-0.15, -0.1) is 0 Å². The molecular formula is C23H20Br2N2O5. The molecule has 0 aromatic heterocycles. The third-order valence-corrected chi connectivity index (χ3v) is 5.83. The van der Waals surface area contributed by atoms with Crippen LogP contribution in [0.3, 0.4) is 0 Å². The summed E-state index contributed by atoms with van der Waals surface area (Å²) in [5.41, 5.74) is 2.42. The monoisotopic (exact) mass is 562 g/mol. The number of benzene rings is 3. The zero-order valence-corrected chi connectivity index (χ0v) is 20.1. The molecule has 0 unspecified atom stereocenters. The molecule has 9 heteroatoms. The maximum Gasteiger partial charge on any atom is 0.412 e. The lowest BCUT2D eigenvalue weighted by atomic mass is 9.96. The molecule has 0 fully saturated rings. The van der Waals surface area contributed by atoms with Crippen LogP contribution in [-0.4, -0.2) is 22.3 Å². The summed E-state index contributed by atoms with van der Waals surface area (Å²) in [6, 6.07) is 16.4. The summed E-state index contributed by atoms with van der Waals surface area (Å²) in [5, 5.41) is 23.9. The molecule has 32 heavy (non-hydrogen) atoms. The molecule has 0 aliphatic heterocycles. The van der Waals surface area contributed by atoms with E-state index in [0.717, 1.165) is 16.8 Å². The summed E-state index contributed by atoms with van der Waals surface area (Å²) < 4.78 is 6.78. The molecule has 3 aromatic carbocycles. The molecule has 3 rings (SSSR count). The van der Waals surface area contributed by atoms with Crippen LogP contribution in [0.5, 0.6) is 5.75 Å². The third kappa shape index (κ3) is 5.67. The minimum absolute atomic E-state index is 0.0944. The molecule has 2 amide bonds. The van der Waals surface area contributed by atoms with Gasteiger partial charge in [0.25, 0.3) is 5.91 Å². The van der Waals surface area contributed by atoms with Crippen molar-refractivity contribution in [2.75, 3.05) is 5.32 Å². The minimum Gasteiger partial charge on any atom is -0.506 e. The smallest absolute Gasteiger partial charge is 0.412 e. The number of amides is 2. The van der Waals surface area contributed by atoms with E-state index in [1.54, 1.807) is 25.1 Å². The lowest BCUT2D eigenvalue weighted by Crippen LogP contribution is -2.22. The van der Waals surface area contributed by atoms with Gasteiger partial charge in [-0.25, -0.2) is 10.3 Å². The van der Waals surface area contributed by atoms with E-state index in [9.17, 15) is 14.7 Å². The van der Waals surface area contributed by atoms with Crippen LogP contribution in [0.1, 0.15) is 18.6 Å². The Morgan fingerprint density at radius 3 is 2.56 bits per heavy atom. The van der Waals surface area contributed by atoms with Crippen molar-refractivity contribution in [2.45, 2.75) is 13.0 Å². The van der Waals surface area contributed by atoms with Gasteiger partial charge in [0.1, 0.15) is 11.9 Å². The number of carbonyl (C=O) groups is 2. The fourth-order valence-corrected chi connectivity index (χ4v) is 4.48. The van der Waals surface area contributed by atoms with Gasteiger partial charge in [-0.2, -0.15) is 0 Å². The molecular weight excluding hydrogens is 544 g/mol. The van der Waals surface area contributed by atoms with Gasteiger partial charge >= 0.3 is 6.09 Å². The SMILES string of the molecule is C[C@H](/C=C/C(=O)NO)[C@@H](OC(=O)Nc1cccc2ccccc12)c1cc(Br)cc(Br)c1O. The lowest BCUT2D eigenvalue weighted by Gasteiger charge is -2.24. The number of hydrogen-bond acceptors (Lipinski definition) is 5. The van der Waals surface area contributed by atoms with Crippen LogP contribution >= 0.6 is 31.9 Å². The van der Waals surface area contributed by atoms with E-state index in [2.05, 4.69) is 37.2 Å². The Morgan fingerprint density at radius 2 is 1.81 bits per heavy atom. The highest BCUT2D eigenvalue weighted by molar-refractivity contribution is 9.11. The van der Waals surface area contributed by atoms with Crippen molar-refractivity contribution in [1.29, 1.82) is 0 Å². The van der Waals surface area contributed by atoms with Gasteiger partial charge < -0.3 is 9.84 Å². The van der Waals surface area contributed by atoms with Crippen molar-refractivity contribution < 1.29 is 24.6 Å². The van der Waals surface area contributed by atoms with Crippen molar-refractivity contribution >= 4 is 60.3 Å². The summed E-state index contributed by atoms with van der Waals surface area (Å²) in [7, 11) is 0. The van der Waals surface area contributed by atoms with Crippen LogP contribution in [0.2, 0.25) is 0 Å². The van der Waals surface area contributed by atoms with Crippen LogP contribution < -0.4 is 10.8 Å². The number of aromatic hydroxyl groups is 1. The summed E-state index contributed by atoms with van der Waals surface area (Å²) in [5.74, 6) is -1.35. The Labute approximate surface area is 201 Å². The van der Waals surface area contributed by atoms with E-state index in [0.29, 0.717) is 20.2 Å². The Hall–Kier alpha value is -2.88. The topological polar surface area (TPSA) is 108 Å². The van der Waals surface area contributed by atoms with Gasteiger partial charge in [0.15, 0.2) is 0 Å². The first-order valence-electron chi connectivity index (χ1n) is 9.55. The van der Waals surface area contributed by atoms with Crippen LogP contribution in [0, 0.1) is 5.92 Å². The number of phenols is 1. The quantitative estimate of drug-likeness (QED) is 0.166. The second-order valence-corrected chi connectivity index (χ2v) is 8.77. The second kappa shape index (κ2) is 10.6. The Kier molecular flexibility index (Phi) is 7.89. The standard InChI is InChI=1S/C23H20Br2N2O5/c1-13(9-10-20(28)27-31)22(17-11-15(24)12-18(25)21(17)29)32-23(30)26-19-8-4-6-14-5-2-3-7-16(14)19/h2-13,22,29,31H,1H3,(H,26,30)(H,27,28)/b10-9+/t13-,22-/m1/s1.